The van der Waals surface area contributed by atoms with Crippen molar-refractivity contribution in [3.63, 3.8) is 0 Å². The Morgan fingerprint density at radius 1 is 1.50 bits per heavy atom. The van der Waals surface area contributed by atoms with Gasteiger partial charge in [0.15, 0.2) is 5.78 Å². The Labute approximate surface area is 81.7 Å². The Hall–Kier alpha value is -1.45. The van der Waals surface area contributed by atoms with E-state index in [-0.39, 0.29) is 11.6 Å². The summed E-state index contributed by atoms with van der Waals surface area (Å²) in [6.07, 6.45) is 6.06. The molecule has 2 rings (SSSR count). The summed E-state index contributed by atoms with van der Waals surface area (Å²) in [6.45, 7) is 0. The molecule has 74 valence electrons. The lowest BCUT2D eigenvalue weighted by Gasteiger charge is -2.18. The molecule has 0 amide bonds. The van der Waals surface area contributed by atoms with Gasteiger partial charge >= 0.3 is 0 Å². The Balaban J connectivity index is 2.14. The summed E-state index contributed by atoms with van der Waals surface area (Å²) in [6, 6.07) is 0. The quantitative estimate of drug-likeness (QED) is 0.568. The molecule has 0 bridgehead atoms. The van der Waals surface area contributed by atoms with Gasteiger partial charge in [-0.15, -0.1) is 0 Å². The smallest absolute Gasteiger partial charge is 0.191 e. The van der Waals surface area contributed by atoms with E-state index in [0.29, 0.717) is 18.5 Å². The molecule has 0 aromatic carbocycles. The molecule has 4 nitrogen and oxygen atoms in total. The Bertz CT molecular complexity index is 343. The minimum Gasteiger partial charge on any atom is -0.342 e. The highest BCUT2D eigenvalue weighted by Crippen LogP contribution is 2.23. The molecule has 1 saturated carbocycles. The van der Waals surface area contributed by atoms with Crippen molar-refractivity contribution in [1.29, 1.82) is 0 Å². The van der Waals surface area contributed by atoms with Crippen LogP contribution in [0.2, 0.25) is 0 Å². The van der Waals surface area contributed by atoms with E-state index in [1.807, 2.05) is 0 Å². The van der Waals surface area contributed by atoms with Gasteiger partial charge in [-0.3, -0.25) is 9.59 Å². The van der Waals surface area contributed by atoms with E-state index >= 15 is 0 Å². The van der Waals surface area contributed by atoms with E-state index in [0.717, 1.165) is 12.8 Å². The molecule has 14 heavy (non-hydrogen) atoms. The molecule has 4 heteroatoms. The third-order valence-corrected chi connectivity index (χ3v) is 2.63. The van der Waals surface area contributed by atoms with E-state index in [1.54, 1.807) is 0 Å². The van der Waals surface area contributed by atoms with E-state index in [1.165, 1.54) is 12.5 Å². The van der Waals surface area contributed by atoms with Crippen molar-refractivity contribution in [3.05, 3.63) is 18.2 Å². The number of nitrogens with zero attached hydrogens (tertiary/aromatic N) is 1. The molecule has 1 aliphatic rings. The van der Waals surface area contributed by atoms with Crippen LogP contribution in [-0.4, -0.2) is 21.5 Å². The third-order valence-electron chi connectivity index (χ3n) is 2.63. The second-order valence-electron chi connectivity index (χ2n) is 3.59. The third kappa shape index (κ3) is 1.60. The number of H-pyrrole nitrogens is 1. The van der Waals surface area contributed by atoms with Gasteiger partial charge in [-0.1, -0.05) is 6.42 Å². The van der Waals surface area contributed by atoms with Gasteiger partial charge < -0.3 is 4.98 Å². The fraction of sp³-hybridized carbons (Fsp3) is 0.500. The molecule has 1 aromatic heterocycles. The Morgan fingerprint density at radius 2 is 2.36 bits per heavy atom. The van der Waals surface area contributed by atoms with Crippen molar-refractivity contribution in [2.45, 2.75) is 25.7 Å². The Kier molecular flexibility index (Phi) is 2.43. The number of imidazole rings is 1. The number of nitrogens with one attached hydrogen (secondary N) is 1. The minimum atomic E-state index is -0.427. The van der Waals surface area contributed by atoms with Crippen LogP contribution in [0.1, 0.15) is 36.2 Å². The maximum atomic E-state index is 11.8. The second kappa shape index (κ2) is 3.74. The monoisotopic (exact) mass is 192 g/mol. The molecule has 1 heterocycles. The molecule has 0 aliphatic heterocycles. The summed E-state index contributed by atoms with van der Waals surface area (Å²) < 4.78 is 0. The number of aromatic nitrogens is 2. The summed E-state index contributed by atoms with van der Waals surface area (Å²) in [4.78, 5) is 29.8. The van der Waals surface area contributed by atoms with Crippen LogP contribution in [0.15, 0.2) is 12.5 Å². The zero-order valence-electron chi connectivity index (χ0n) is 7.82. The van der Waals surface area contributed by atoms with Crippen molar-refractivity contribution in [3.8, 4) is 0 Å². The zero-order valence-corrected chi connectivity index (χ0v) is 7.82. The number of carbonyl (C=O) groups is 2. The number of aromatic amines is 1. The molecule has 0 spiro atoms. The number of ketones is 2. The fourth-order valence-electron chi connectivity index (χ4n) is 1.84. The van der Waals surface area contributed by atoms with Gasteiger partial charge in [0.05, 0.1) is 18.4 Å². The molecule has 1 unspecified atom stereocenters. The van der Waals surface area contributed by atoms with Crippen LogP contribution in [0.25, 0.3) is 0 Å². The average molecular weight is 192 g/mol. The van der Waals surface area contributed by atoms with E-state index < -0.39 is 5.92 Å². The second-order valence-corrected chi connectivity index (χ2v) is 3.59. The molecule has 0 saturated heterocycles. The highest BCUT2D eigenvalue weighted by atomic mass is 16.2. The lowest BCUT2D eigenvalue weighted by Crippen LogP contribution is -2.27. The van der Waals surface area contributed by atoms with E-state index in [4.69, 9.17) is 0 Å². The van der Waals surface area contributed by atoms with Crippen LogP contribution in [0.4, 0.5) is 0 Å². The predicted molar refractivity (Wildman–Crippen MR) is 49.9 cm³/mol. The molecule has 1 aliphatic carbocycles. The van der Waals surface area contributed by atoms with Gasteiger partial charge in [0.25, 0.3) is 0 Å². The van der Waals surface area contributed by atoms with Gasteiger partial charge in [-0.25, -0.2) is 4.98 Å². The van der Waals surface area contributed by atoms with E-state index in [9.17, 15) is 9.59 Å². The Morgan fingerprint density at radius 3 is 3.00 bits per heavy atom. The first-order valence-electron chi connectivity index (χ1n) is 4.84. The first kappa shape index (κ1) is 9.12. The molecule has 1 N–H and O–H groups in total. The first-order chi connectivity index (χ1) is 6.79. The largest absolute Gasteiger partial charge is 0.342 e. The standard InChI is InChI=1S/C10H12N2O2/c13-9-4-2-1-3-7(9)10(14)8-5-11-6-12-8/h5-7H,1-4H2,(H,11,12). The zero-order chi connectivity index (χ0) is 9.97. The van der Waals surface area contributed by atoms with Gasteiger partial charge in [0, 0.05) is 6.42 Å². The number of carbonyl (C=O) groups excluding carboxylic acids is 2. The molecule has 0 radical (unpaired) electrons. The highest BCUT2D eigenvalue weighted by Gasteiger charge is 2.30. The lowest BCUT2D eigenvalue weighted by molar-refractivity contribution is -0.122. The molecular formula is C10H12N2O2. The van der Waals surface area contributed by atoms with Crippen molar-refractivity contribution in [2.24, 2.45) is 5.92 Å². The van der Waals surface area contributed by atoms with Crippen LogP contribution in [-0.2, 0) is 4.79 Å². The average Bonchev–Trinajstić information content (AvgIpc) is 2.70. The highest BCUT2D eigenvalue weighted by molar-refractivity contribution is 6.09. The summed E-state index contributed by atoms with van der Waals surface area (Å²) in [7, 11) is 0. The van der Waals surface area contributed by atoms with Crippen molar-refractivity contribution < 1.29 is 9.59 Å². The van der Waals surface area contributed by atoms with Gasteiger partial charge in [0.2, 0.25) is 0 Å². The van der Waals surface area contributed by atoms with Crippen molar-refractivity contribution in [1.82, 2.24) is 9.97 Å². The molecule has 1 aromatic rings. The molecular weight excluding hydrogens is 180 g/mol. The van der Waals surface area contributed by atoms with Crippen molar-refractivity contribution >= 4 is 11.6 Å². The maximum Gasteiger partial charge on any atom is 0.191 e. The summed E-state index contributed by atoms with van der Waals surface area (Å²) in [5.74, 6) is -0.452. The van der Waals surface area contributed by atoms with Gasteiger partial charge in [-0.05, 0) is 12.8 Å². The lowest BCUT2D eigenvalue weighted by atomic mass is 9.84. The van der Waals surface area contributed by atoms with E-state index in [2.05, 4.69) is 9.97 Å². The summed E-state index contributed by atoms with van der Waals surface area (Å²) >= 11 is 0. The maximum absolute atomic E-state index is 11.8. The molecule has 1 atom stereocenters. The topological polar surface area (TPSA) is 62.8 Å². The first-order valence-corrected chi connectivity index (χ1v) is 4.84. The summed E-state index contributed by atoms with van der Waals surface area (Å²) in [5.41, 5.74) is 0.449. The fourth-order valence-corrected chi connectivity index (χ4v) is 1.84. The van der Waals surface area contributed by atoms with Crippen LogP contribution in [0, 0.1) is 5.92 Å². The number of hydrogen-bond donors (Lipinski definition) is 1. The SMILES string of the molecule is O=C1CCCCC1C(=O)c1cnc[nH]1. The normalized spacial score (nSPS) is 22.3. The van der Waals surface area contributed by atoms with Crippen LogP contribution in [0.5, 0.6) is 0 Å². The van der Waals surface area contributed by atoms with Crippen LogP contribution >= 0.6 is 0 Å². The minimum absolute atomic E-state index is 0.0795. The number of Topliss-reactive ketones (excluding diaryl/α,β-unsaturated/α-hetero) is 2. The van der Waals surface area contributed by atoms with Crippen LogP contribution in [0.3, 0.4) is 0 Å². The van der Waals surface area contributed by atoms with Crippen LogP contribution < -0.4 is 0 Å². The van der Waals surface area contributed by atoms with Gasteiger partial charge in [-0.2, -0.15) is 0 Å². The van der Waals surface area contributed by atoms with Gasteiger partial charge in [0.1, 0.15) is 11.5 Å². The molecule has 1 fully saturated rings. The number of rotatable bonds is 2. The van der Waals surface area contributed by atoms with Crippen molar-refractivity contribution in [2.75, 3.05) is 0 Å². The predicted octanol–water partition coefficient (Wildman–Crippen LogP) is 1.35. The number of hydrogen-bond acceptors (Lipinski definition) is 3. The summed E-state index contributed by atoms with van der Waals surface area (Å²) in [5, 5.41) is 0.